The molecule has 10 heteroatoms. The Bertz CT molecular complexity index is 1150. The molecule has 0 saturated carbocycles. The molecule has 1 aromatic carbocycles. The van der Waals surface area contributed by atoms with Crippen LogP contribution in [-0.4, -0.2) is 32.4 Å². The molecule has 0 aliphatic carbocycles. The topological polar surface area (TPSA) is 142 Å². The molecular weight excluding hydrogens is 389 g/mol. The second kappa shape index (κ2) is 7.54. The minimum Gasteiger partial charge on any atom is -0.475 e. The van der Waals surface area contributed by atoms with Gasteiger partial charge in [-0.3, -0.25) is 4.79 Å². The molecule has 1 aliphatic heterocycles. The monoisotopic (exact) mass is 409 g/mol. The van der Waals surface area contributed by atoms with Crippen LogP contribution in [0.4, 0.5) is 16.2 Å². The molecule has 5 N–H and O–H groups in total. The zero-order valence-electron chi connectivity index (χ0n) is 16.4. The number of aryl methyl sites for hydroxylation is 1. The first-order valence-electron chi connectivity index (χ1n) is 9.36. The van der Waals surface area contributed by atoms with Crippen molar-refractivity contribution >= 4 is 17.7 Å². The molecule has 1 aliphatic rings. The zero-order valence-corrected chi connectivity index (χ0v) is 16.4. The maximum Gasteiger partial charge on any atom is 0.257 e. The summed E-state index contributed by atoms with van der Waals surface area (Å²) in [5, 5.41) is 2.94. The smallest absolute Gasteiger partial charge is 0.257 e. The van der Waals surface area contributed by atoms with Crippen molar-refractivity contribution in [3.63, 3.8) is 0 Å². The summed E-state index contributed by atoms with van der Waals surface area (Å²) in [6, 6.07) is 3.81. The van der Waals surface area contributed by atoms with Gasteiger partial charge < -0.3 is 21.5 Å². The van der Waals surface area contributed by atoms with Crippen molar-refractivity contribution in [2.24, 2.45) is 0 Å². The lowest BCUT2D eigenvalue weighted by molar-refractivity contribution is 0.0922. The van der Waals surface area contributed by atoms with Gasteiger partial charge in [0.25, 0.3) is 11.8 Å². The number of carbonyl (C=O) groups excluding carboxylic acids is 1. The quantitative estimate of drug-likeness (QED) is 0.594. The molecule has 0 radical (unpaired) electrons. The summed E-state index contributed by atoms with van der Waals surface area (Å²) in [6.45, 7) is 3.86. The summed E-state index contributed by atoms with van der Waals surface area (Å²) in [7, 11) is 0. The zero-order chi connectivity index (χ0) is 21.4. The van der Waals surface area contributed by atoms with Gasteiger partial charge in [-0.15, -0.1) is 0 Å². The third-order valence-corrected chi connectivity index (χ3v) is 4.83. The number of nitrogens with one attached hydrogen (secondary N) is 1. The number of carbonyl (C=O) groups is 1. The van der Waals surface area contributed by atoms with E-state index in [4.69, 9.17) is 16.2 Å². The van der Waals surface area contributed by atoms with Crippen molar-refractivity contribution in [2.45, 2.75) is 26.3 Å². The second-order valence-electron chi connectivity index (χ2n) is 6.83. The first-order chi connectivity index (χ1) is 14.4. The number of benzene rings is 1. The van der Waals surface area contributed by atoms with E-state index in [1.807, 2.05) is 0 Å². The van der Waals surface area contributed by atoms with Crippen LogP contribution in [0, 0.1) is 12.7 Å². The Morgan fingerprint density at radius 3 is 2.83 bits per heavy atom. The van der Waals surface area contributed by atoms with Gasteiger partial charge in [0, 0.05) is 12.0 Å². The molecule has 1 atom stereocenters. The number of aromatic nitrogens is 4. The number of ether oxygens (including phenoxy) is 1. The number of nitrogens with zero attached hydrogens (tertiary/aromatic N) is 4. The largest absolute Gasteiger partial charge is 0.475 e. The van der Waals surface area contributed by atoms with Crippen LogP contribution in [0.5, 0.6) is 5.88 Å². The predicted molar refractivity (Wildman–Crippen MR) is 108 cm³/mol. The van der Waals surface area contributed by atoms with Gasteiger partial charge in [0.1, 0.15) is 5.82 Å². The van der Waals surface area contributed by atoms with Crippen LogP contribution in [0.25, 0.3) is 11.3 Å². The Balaban J connectivity index is 1.80. The van der Waals surface area contributed by atoms with E-state index < -0.39 is 11.9 Å². The fraction of sp³-hybridized carbons (Fsp3) is 0.250. The minimum atomic E-state index is -0.468. The van der Waals surface area contributed by atoms with Crippen molar-refractivity contribution in [2.75, 3.05) is 18.1 Å². The molecule has 3 aromatic rings. The molecule has 3 heterocycles. The molecule has 4 rings (SSSR count). The lowest BCUT2D eigenvalue weighted by Crippen LogP contribution is -2.37. The van der Waals surface area contributed by atoms with E-state index in [0.717, 1.165) is 0 Å². The summed E-state index contributed by atoms with van der Waals surface area (Å²) < 4.78 is 19.5. The number of halogens is 1. The molecule has 1 amide bonds. The van der Waals surface area contributed by atoms with Crippen LogP contribution in [0.1, 0.15) is 40.3 Å². The molecule has 0 bridgehead atoms. The van der Waals surface area contributed by atoms with E-state index in [2.05, 4.69) is 25.3 Å². The Kier molecular flexibility index (Phi) is 4.90. The minimum absolute atomic E-state index is 0.102. The van der Waals surface area contributed by atoms with E-state index in [1.54, 1.807) is 19.9 Å². The number of rotatable bonds is 4. The first-order valence-corrected chi connectivity index (χ1v) is 9.36. The highest BCUT2D eigenvalue weighted by Crippen LogP contribution is 2.34. The van der Waals surface area contributed by atoms with Crippen molar-refractivity contribution in [1.29, 1.82) is 0 Å². The molecule has 0 saturated heterocycles. The number of nitrogens with two attached hydrogens (primary N) is 2. The third kappa shape index (κ3) is 3.47. The SMILES string of the molecule is CCOc1nc(-c2cc(F)ccc2[C@H]2Cc3nc(N)nc(C)c3C(=O)N2)cnc1N. The van der Waals surface area contributed by atoms with Crippen LogP contribution < -0.4 is 21.5 Å². The summed E-state index contributed by atoms with van der Waals surface area (Å²) in [6.07, 6.45) is 1.81. The van der Waals surface area contributed by atoms with Crippen molar-refractivity contribution < 1.29 is 13.9 Å². The van der Waals surface area contributed by atoms with Crippen molar-refractivity contribution in [3.05, 3.63) is 52.7 Å². The summed E-state index contributed by atoms with van der Waals surface area (Å²) >= 11 is 0. The van der Waals surface area contributed by atoms with Gasteiger partial charge >= 0.3 is 0 Å². The fourth-order valence-corrected chi connectivity index (χ4v) is 3.57. The van der Waals surface area contributed by atoms with Gasteiger partial charge in [-0.25, -0.2) is 24.3 Å². The van der Waals surface area contributed by atoms with Crippen molar-refractivity contribution in [1.82, 2.24) is 25.3 Å². The number of amides is 1. The molecule has 0 spiro atoms. The molecule has 154 valence electrons. The Morgan fingerprint density at radius 1 is 1.27 bits per heavy atom. The van der Waals surface area contributed by atoms with E-state index >= 15 is 0 Å². The highest BCUT2D eigenvalue weighted by atomic mass is 19.1. The standard InChI is InChI=1S/C20H20FN7O2/c1-3-30-19-17(22)24-8-15(27-19)12-6-10(21)4-5-11(12)13-7-14-16(18(29)26-13)9(2)25-20(23)28-14/h4-6,8,13H,3,7H2,1-2H3,(H2,22,24)(H,26,29)(H2,23,25,28)/t13-/m1/s1. The number of hydrogen-bond donors (Lipinski definition) is 3. The van der Waals surface area contributed by atoms with E-state index in [1.165, 1.54) is 18.3 Å². The molecule has 0 unspecified atom stereocenters. The van der Waals surface area contributed by atoms with Crippen LogP contribution >= 0.6 is 0 Å². The van der Waals surface area contributed by atoms with Gasteiger partial charge in [-0.2, -0.15) is 0 Å². The maximum atomic E-state index is 14.1. The van der Waals surface area contributed by atoms with Gasteiger partial charge in [0.05, 0.1) is 41.5 Å². The summed E-state index contributed by atoms with van der Waals surface area (Å²) in [5.41, 5.74) is 14.5. The van der Waals surface area contributed by atoms with Gasteiger partial charge in [-0.1, -0.05) is 6.07 Å². The number of nitrogen functional groups attached to an aromatic ring is 2. The predicted octanol–water partition coefficient (Wildman–Crippen LogP) is 1.97. The van der Waals surface area contributed by atoms with Crippen LogP contribution in [0.15, 0.2) is 24.4 Å². The molecular formula is C20H20FN7O2. The number of anilines is 2. The second-order valence-corrected chi connectivity index (χ2v) is 6.83. The number of hydrogen-bond acceptors (Lipinski definition) is 8. The average Bonchev–Trinajstić information content (AvgIpc) is 2.69. The highest BCUT2D eigenvalue weighted by molar-refractivity contribution is 5.98. The van der Waals surface area contributed by atoms with E-state index in [0.29, 0.717) is 46.8 Å². The van der Waals surface area contributed by atoms with Crippen molar-refractivity contribution in [3.8, 4) is 17.1 Å². The van der Waals surface area contributed by atoms with E-state index in [9.17, 15) is 9.18 Å². The van der Waals surface area contributed by atoms with Gasteiger partial charge in [0.15, 0.2) is 5.82 Å². The van der Waals surface area contributed by atoms with Crippen LogP contribution in [0.2, 0.25) is 0 Å². The van der Waals surface area contributed by atoms with Gasteiger partial charge in [-0.05, 0) is 31.5 Å². The fourth-order valence-electron chi connectivity index (χ4n) is 3.57. The van der Waals surface area contributed by atoms with E-state index in [-0.39, 0.29) is 23.6 Å². The molecule has 0 fully saturated rings. The highest BCUT2D eigenvalue weighted by Gasteiger charge is 2.31. The first kappa shape index (κ1) is 19.5. The van der Waals surface area contributed by atoms with Crippen LogP contribution in [-0.2, 0) is 6.42 Å². The lowest BCUT2D eigenvalue weighted by Gasteiger charge is -2.27. The number of fused-ring (bicyclic) bond motifs is 1. The lowest BCUT2D eigenvalue weighted by atomic mass is 9.90. The molecule has 2 aromatic heterocycles. The van der Waals surface area contributed by atoms with Gasteiger partial charge in [0.2, 0.25) is 5.95 Å². The summed E-state index contributed by atoms with van der Waals surface area (Å²) in [4.78, 5) is 29.5. The molecule has 9 nitrogen and oxygen atoms in total. The Labute approximate surface area is 171 Å². The Morgan fingerprint density at radius 2 is 2.07 bits per heavy atom. The summed E-state index contributed by atoms with van der Waals surface area (Å²) in [5.74, 6) is -0.354. The third-order valence-electron chi connectivity index (χ3n) is 4.83. The van der Waals surface area contributed by atoms with Crippen LogP contribution in [0.3, 0.4) is 0 Å². The normalized spacial score (nSPS) is 15.4. The molecule has 30 heavy (non-hydrogen) atoms. The maximum absolute atomic E-state index is 14.1. The Hall–Kier alpha value is -3.82. The average molecular weight is 409 g/mol.